The van der Waals surface area contributed by atoms with Gasteiger partial charge in [0.15, 0.2) is 0 Å². The van der Waals surface area contributed by atoms with E-state index in [-0.39, 0.29) is 0 Å². The van der Waals surface area contributed by atoms with Crippen LogP contribution in [0.25, 0.3) is 0 Å². The number of benzene rings is 1. The van der Waals surface area contributed by atoms with Crippen molar-refractivity contribution >= 4 is 12.0 Å². The van der Waals surface area contributed by atoms with Crippen LogP contribution in [0.2, 0.25) is 0 Å². The van der Waals surface area contributed by atoms with E-state index in [0.717, 1.165) is 39.0 Å². The third-order valence-electron chi connectivity index (χ3n) is 3.12. The summed E-state index contributed by atoms with van der Waals surface area (Å²) in [5, 5.41) is 0. The smallest absolute Gasteiger partial charge is 0.120 e. The van der Waals surface area contributed by atoms with Gasteiger partial charge in [-0.1, -0.05) is 17.7 Å². The number of ether oxygens (including phenoxy) is 1. The highest BCUT2D eigenvalue weighted by atomic mass is 16.5. The molecule has 3 heteroatoms. The van der Waals surface area contributed by atoms with Crippen molar-refractivity contribution in [1.82, 2.24) is 0 Å². The third-order valence-corrected chi connectivity index (χ3v) is 3.12. The Morgan fingerprint density at radius 1 is 1.35 bits per heavy atom. The van der Waals surface area contributed by atoms with Gasteiger partial charge in [0.25, 0.3) is 0 Å². The fourth-order valence-corrected chi connectivity index (χ4v) is 2.24. The van der Waals surface area contributed by atoms with Crippen LogP contribution in [0.5, 0.6) is 0 Å². The Hall–Kier alpha value is -1.35. The minimum absolute atomic E-state index is 0.598. The summed E-state index contributed by atoms with van der Waals surface area (Å²) in [6.07, 6.45) is 2.42. The van der Waals surface area contributed by atoms with Crippen molar-refractivity contribution in [3.8, 4) is 0 Å². The molecule has 0 N–H and O–H groups in total. The summed E-state index contributed by atoms with van der Waals surface area (Å²) in [5.74, 6) is 0. The fourth-order valence-electron chi connectivity index (χ4n) is 2.24. The van der Waals surface area contributed by atoms with Crippen LogP contribution in [-0.4, -0.2) is 32.6 Å². The van der Waals surface area contributed by atoms with E-state index in [1.807, 2.05) is 0 Å². The molecule has 0 radical (unpaired) electrons. The molecule has 1 fully saturated rings. The fraction of sp³-hybridized carbons (Fsp3) is 0.500. The van der Waals surface area contributed by atoms with Gasteiger partial charge in [0.05, 0.1) is 13.2 Å². The zero-order chi connectivity index (χ0) is 12.1. The number of hydrogen-bond acceptors (Lipinski definition) is 3. The van der Waals surface area contributed by atoms with E-state index in [4.69, 9.17) is 4.74 Å². The van der Waals surface area contributed by atoms with Crippen LogP contribution in [0.4, 0.5) is 5.69 Å². The van der Waals surface area contributed by atoms with Crippen LogP contribution in [0.15, 0.2) is 18.2 Å². The summed E-state index contributed by atoms with van der Waals surface area (Å²) in [5.41, 5.74) is 3.79. The molecule has 1 aromatic carbocycles. The molecule has 0 bridgehead atoms. The van der Waals surface area contributed by atoms with Crippen LogP contribution >= 0.6 is 0 Å². The average molecular weight is 233 g/mol. The largest absolute Gasteiger partial charge is 0.378 e. The summed E-state index contributed by atoms with van der Waals surface area (Å²) < 4.78 is 5.37. The number of aryl methyl sites for hydroxylation is 2. The molecule has 1 aliphatic rings. The second-order valence-corrected chi connectivity index (χ2v) is 4.44. The Balaban J connectivity index is 2.20. The first kappa shape index (κ1) is 12.1. The minimum atomic E-state index is 0.598. The summed E-state index contributed by atoms with van der Waals surface area (Å²) >= 11 is 0. The average Bonchev–Trinajstić information content (AvgIpc) is 2.37. The molecule has 17 heavy (non-hydrogen) atoms. The molecule has 0 aliphatic carbocycles. The van der Waals surface area contributed by atoms with Crippen LogP contribution < -0.4 is 4.90 Å². The molecule has 0 aromatic heterocycles. The van der Waals surface area contributed by atoms with Gasteiger partial charge < -0.3 is 14.4 Å². The van der Waals surface area contributed by atoms with Crippen molar-refractivity contribution in [2.75, 3.05) is 31.2 Å². The molecule has 0 unspecified atom stereocenters. The minimum Gasteiger partial charge on any atom is -0.378 e. The van der Waals surface area contributed by atoms with E-state index in [0.29, 0.717) is 6.42 Å². The van der Waals surface area contributed by atoms with E-state index in [1.54, 1.807) is 0 Å². The van der Waals surface area contributed by atoms with E-state index in [9.17, 15) is 4.79 Å². The Morgan fingerprint density at radius 3 is 2.82 bits per heavy atom. The molecule has 0 saturated carbocycles. The SMILES string of the molecule is Cc1ccc(N2CCOCC2)c(CCC=O)c1. The van der Waals surface area contributed by atoms with Gasteiger partial charge in [-0.25, -0.2) is 0 Å². The Bertz CT molecular complexity index is 384. The van der Waals surface area contributed by atoms with E-state index < -0.39 is 0 Å². The molecule has 0 spiro atoms. The monoisotopic (exact) mass is 233 g/mol. The number of carbonyl (C=O) groups excluding carboxylic acids is 1. The molecule has 1 aromatic rings. The lowest BCUT2D eigenvalue weighted by Crippen LogP contribution is -2.36. The Kier molecular flexibility index (Phi) is 4.15. The van der Waals surface area contributed by atoms with Gasteiger partial charge in [0.2, 0.25) is 0 Å². The summed E-state index contributed by atoms with van der Waals surface area (Å²) in [4.78, 5) is 12.9. The molecular formula is C14H19NO2. The standard InChI is InChI=1S/C14H19NO2/c1-12-4-5-14(13(11-12)3-2-8-16)15-6-9-17-10-7-15/h4-5,8,11H,2-3,6-7,9-10H2,1H3. The molecule has 92 valence electrons. The normalized spacial score (nSPS) is 15.9. The quantitative estimate of drug-likeness (QED) is 0.745. The van der Waals surface area contributed by atoms with Gasteiger partial charge in [-0.05, 0) is 25.0 Å². The van der Waals surface area contributed by atoms with Crippen molar-refractivity contribution in [3.05, 3.63) is 29.3 Å². The second kappa shape index (κ2) is 5.82. The molecule has 0 atom stereocenters. The number of anilines is 1. The highest BCUT2D eigenvalue weighted by Crippen LogP contribution is 2.24. The van der Waals surface area contributed by atoms with Gasteiger partial charge >= 0.3 is 0 Å². The Morgan fingerprint density at radius 2 is 2.12 bits per heavy atom. The topological polar surface area (TPSA) is 29.5 Å². The van der Waals surface area contributed by atoms with Gasteiger partial charge in [-0.15, -0.1) is 0 Å². The number of aldehydes is 1. The van der Waals surface area contributed by atoms with E-state index in [2.05, 4.69) is 30.0 Å². The first-order valence-electron chi connectivity index (χ1n) is 6.17. The van der Waals surface area contributed by atoms with E-state index >= 15 is 0 Å². The maximum atomic E-state index is 10.5. The molecule has 1 saturated heterocycles. The van der Waals surface area contributed by atoms with Gasteiger partial charge in [-0.2, -0.15) is 0 Å². The summed E-state index contributed by atoms with van der Waals surface area (Å²) in [7, 11) is 0. The molecule has 3 nitrogen and oxygen atoms in total. The number of rotatable bonds is 4. The first-order chi connectivity index (χ1) is 8.31. The van der Waals surface area contributed by atoms with Crippen molar-refractivity contribution in [2.45, 2.75) is 19.8 Å². The number of nitrogens with zero attached hydrogens (tertiary/aromatic N) is 1. The maximum Gasteiger partial charge on any atom is 0.120 e. The van der Waals surface area contributed by atoms with Crippen molar-refractivity contribution < 1.29 is 9.53 Å². The second-order valence-electron chi connectivity index (χ2n) is 4.44. The molecule has 1 aliphatic heterocycles. The lowest BCUT2D eigenvalue weighted by Gasteiger charge is -2.30. The highest BCUT2D eigenvalue weighted by molar-refractivity contribution is 5.58. The van der Waals surface area contributed by atoms with Crippen LogP contribution in [0, 0.1) is 6.92 Å². The highest BCUT2D eigenvalue weighted by Gasteiger charge is 2.14. The van der Waals surface area contributed by atoms with Crippen LogP contribution in [-0.2, 0) is 16.0 Å². The van der Waals surface area contributed by atoms with E-state index in [1.165, 1.54) is 16.8 Å². The summed E-state index contributed by atoms with van der Waals surface area (Å²) in [6, 6.07) is 6.49. The van der Waals surface area contributed by atoms with Gasteiger partial charge in [0.1, 0.15) is 6.29 Å². The summed E-state index contributed by atoms with van der Waals surface area (Å²) in [6.45, 7) is 5.56. The number of carbonyl (C=O) groups is 1. The first-order valence-corrected chi connectivity index (χ1v) is 6.17. The predicted octanol–water partition coefficient (Wildman–Crippen LogP) is 1.96. The lowest BCUT2D eigenvalue weighted by atomic mass is 10.0. The van der Waals surface area contributed by atoms with Crippen molar-refractivity contribution in [3.63, 3.8) is 0 Å². The molecule has 2 rings (SSSR count). The maximum absolute atomic E-state index is 10.5. The lowest BCUT2D eigenvalue weighted by molar-refractivity contribution is -0.107. The molecule has 1 heterocycles. The van der Waals surface area contributed by atoms with Crippen molar-refractivity contribution in [1.29, 1.82) is 0 Å². The number of hydrogen-bond donors (Lipinski definition) is 0. The van der Waals surface area contributed by atoms with Crippen LogP contribution in [0.1, 0.15) is 17.5 Å². The van der Waals surface area contributed by atoms with Gasteiger partial charge in [0, 0.05) is 25.2 Å². The Labute approximate surface area is 102 Å². The molecule has 0 amide bonds. The van der Waals surface area contributed by atoms with Crippen LogP contribution in [0.3, 0.4) is 0 Å². The predicted molar refractivity (Wildman–Crippen MR) is 68.6 cm³/mol. The van der Waals surface area contributed by atoms with Gasteiger partial charge in [-0.3, -0.25) is 0 Å². The zero-order valence-corrected chi connectivity index (χ0v) is 10.3. The molecular weight excluding hydrogens is 214 g/mol. The van der Waals surface area contributed by atoms with Crippen molar-refractivity contribution in [2.24, 2.45) is 0 Å². The zero-order valence-electron chi connectivity index (χ0n) is 10.3. The number of morpholine rings is 1. The third kappa shape index (κ3) is 3.07.